The van der Waals surface area contributed by atoms with Gasteiger partial charge in [-0.05, 0) is 17.2 Å². The molecule has 1 fully saturated rings. The van der Waals surface area contributed by atoms with Crippen molar-refractivity contribution in [2.45, 2.75) is 11.5 Å². The summed E-state index contributed by atoms with van der Waals surface area (Å²) < 4.78 is 0. The first-order valence-electron chi connectivity index (χ1n) is 10.4. The standard InChI is InChI=1S/C24H14ClN3O6/c25-17-10-9-12(27(31)32)11-18(17)26-22(29)20-19-13-5-1-3-7-15(13)24(28(33)34,21(20)23(26)30)16-8-4-2-6-14(16)19/h1-11,19-21H/t19?,20-,21+,24?/m0/s1. The number of hydrogen-bond donors (Lipinski definition) is 0. The number of nitro benzene ring substituents is 1. The molecule has 168 valence electrons. The minimum atomic E-state index is -1.97. The van der Waals surface area contributed by atoms with Crippen LogP contribution in [0.4, 0.5) is 11.4 Å². The van der Waals surface area contributed by atoms with Crippen LogP contribution in [0, 0.1) is 32.1 Å². The maximum atomic E-state index is 13.9. The maximum absolute atomic E-state index is 13.9. The van der Waals surface area contributed by atoms with Crippen LogP contribution < -0.4 is 4.90 Å². The molecule has 7 rings (SSSR count). The Morgan fingerprint density at radius 2 is 1.44 bits per heavy atom. The third-order valence-corrected chi connectivity index (χ3v) is 7.56. The van der Waals surface area contributed by atoms with Crippen LogP contribution in [-0.4, -0.2) is 21.7 Å². The lowest BCUT2D eigenvalue weighted by Crippen LogP contribution is -2.57. The molecule has 2 amide bonds. The van der Waals surface area contributed by atoms with Gasteiger partial charge in [-0.1, -0.05) is 60.1 Å². The summed E-state index contributed by atoms with van der Waals surface area (Å²) in [6, 6.07) is 17.1. The molecule has 0 aromatic heterocycles. The summed E-state index contributed by atoms with van der Waals surface area (Å²) in [5, 5.41) is 24.2. The number of anilines is 1. The summed E-state index contributed by atoms with van der Waals surface area (Å²) in [4.78, 5) is 51.6. The Morgan fingerprint density at radius 3 is 2.00 bits per heavy atom. The van der Waals surface area contributed by atoms with E-state index in [1.807, 2.05) is 0 Å². The van der Waals surface area contributed by atoms with E-state index < -0.39 is 45.0 Å². The van der Waals surface area contributed by atoms with Crippen LogP contribution in [0.15, 0.2) is 66.7 Å². The smallest absolute Gasteiger partial charge is 0.274 e. The number of carbonyl (C=O) groups excluding carboxylic acids is 2. The average Bonchev–Trinajstić information content (AvgIpc) is 3.10. The molecule has 10 heteroatoms. The van der Waals surface area contributed by atoms with Crippen LogP contribution in [0.1, 0.15) is 28.2 Å². The fourth-order valence-electron chi connectivity index (χ4n) is 6.07. The predicted octanol–water partition coefficient (Wildman–Crippen LogP) is 4.03. The number of carbonyl (C=O) groups is 2. The number of amides is 2. The van der Waals surface area contributed by atoms with Crippen LogP contribution in [0.25, 0.3) is 0 Å². The third-order valence-electron chi connectivity index (χ3n) is 7.24. The lowest BCUT2D eigenvalue weighted by atomic mass is 9.51. The highest BCUT2D eigenvalue weighted by Crippen LogP contribution is 2.64. The molecule has 0 spiro atoms. The molecule has 2 bridgehead atoms. The molecular formula is C24H14ClN3O6. The van der Waals surface area contributed by atoms with Crippen molar-refractivity contribution in [3.05, 3.63) is 114 Å². The first kappa shape index (κ1) is 20.5. The van der Waals surface area contributed by atoms with E-state index in [0.717, 1.165) is 17.0 Å². The highest BCUT2D eigenvalue weighted by molar-refractivity contribution is 6.36. The van der Waals surface area contributed by atoms with Gasteiger partial charge >= 0.3 is 0 Å². The van der Waals surface area contributed by atoms with Gasteiger partial charge in [-0.2, -0.15) is 0 Å². The van der Waals surface area contributed by atoms with Gasteiger partial charge in [0.05, 0.1) is 21.6 Å². The van der Waals surface area contributed by atoms with Crippen molar-refractivity contribution < 1.29 is 19.4 Å². The zero-order chi connectivity index (χ0) is 23.9. The van der Waals surface area contributed by atoms with E-state index in [4.69, 9.17) is 11.6 Å². The second kappa shape index (κ2) is 6.71. The third kappa shape index (κ3) is 2.24. The van der Waals surface area contributed by atoms with Crippen LogP contribution in [0.2, 0.25) is 5.02 Å². The van der Waals surface area contributed by atoms with Crippen molar-refractivity contribution in [2.75, 3.05) is 4.90 Å². The number of non-ortho nitro benzene ring substituents is 1. The number of rotatable bonds is 3. The predicted molar refractivity (Wildman–Crippen MR) is 120 cm³/mol. The number of imide groups is 1. The molecule has 0 N–H and O–H groups in total. The van der Waals surface area contributed by atoms with Gasteiger partial charge in [0.2, 0.25) is 11.8 Å². The topological polar surface area (TPSA) is 124 Å². The van der Waals surface area contributed by atoms with E-state index in [1.165, 1.54) is 6.07 Å². The van der Waals surface area contributed by atoms with Crippen LogP contribution in [-0.2, 0) is 15.1 Å². The number of nitro groups is 2. The Balaban J connectivity index is 1.65. The molecule has 0 unspecified atom stereocenters. The summed E-state index contributed by atoms with van der Waals surface area (Å²) >= 11 is 6.27. The van der Waals surface area contributed by atoms with Gasteiger partial charge in [0.25, 0.3) is 11.2 Å². The lowest BCUT2D eigenvalue weighted by Gasteiger charge is -2.48. The molecule has 2 atom stereocenters. The molecule has 0 saturated carbocycles. The molecule has 3 aromatic rings. The maximum Gasteiger partial charge on any atom is 0.285 e. The highest BCUT2D eigenvalue weighted by atomic mass is 35.5. The Hall–Kier alpha value is -4.11. The van der Waals surface area contributed by atoms with E-state index in [1.54, 1.807) is 48.5 Å². The summed E-state index contributed by atoms with van der Waals surface area (Å²) in [5.41, 5.74) is -0.434. The summed E-state index contributed by atoms with van der Waals surface area (Å²) in [6.07, 6.45) is 0. The Kier molecular flexibility index (Phi) is 4.04. The Morgan fingerprint density at radius 1 is 0.853 bits per heavy atom. The Labute approximate surface area is 196 Å². The van der Waals surface area contributed by atoms with Crippen molar-refractivity contribution in [3.8, 4) is 0 Å². The van der Waals surface area contributed by atoms with Crippen molar-refractivity contribution in [3.63, 3.8) is 0 Å². The average molecular weight is 476 g/mol. The molecular weight excluding hydrogens is 462 g/mol. The number of halogens is 1. The number of nitrogens with zero attached hydrogens (tertiary/aromatic N) is 3. The number of benzene rings is 3. The van der Waals surface area contributed by atoms with Crippen molar-refractivity contribution in [1.82, 2.24) is 0 Å². The van der Waals surface area contributed by atoms with Gasteiger partial charge in [0.15, 0.2) is 0 Å². The van der Waals surface area contributed by atoms with Gasteiger partial charge in [-0.3, -0.25) is 29.8 Å². The monoisotopic (exact) mass is 475 g/mol. The highest BCUT2D eigenvalue weighted by Gasteiger charge is 2.75. The van der Waals surface area contributed by atoms with Gasteiger partial charge < -0.3 is 0 Å². The molecule has 1 saturated heterocycles. The van der Waals surface area contributed by atoms with Crippen molar-refractivity contribution in [1.29, 1.82) is 0 Å². The molecule has 1 heterocycles. The quantitative estimate of drug-likeness (QED) is 0.320. The molecule has 3 aromatic carbocycles. The molecule has 9 nitrogen and oxygen atoms in total. The second-order valence-electron chi connectivity index (χ2n) is 8.58. The molecule has 4 aliphatic rings. The van der Waals surface area contributed by atoms with Gasteiger partial charge in [-0.25, -0.2) is 4.90 Å². The number of hydrogen-bond acceptors (Lipinski definition) is 6. The minimum Gasteiger partial charge on any atom is -0.274 e. The largest absolute Gasteiger partial charge is 0.285 e. The Bertz CT molecular complexity index is 1420. The van der Waals surface area contributed by atoms with Gasteiger partial charge in [0.1, 0.15) is 5.92 Å². The molecule has 34 heavy (non-hydrogen) atoms. The van der Waals surface area contributed by atoms with Crippen molar-refractivity contribution in [2.24, 2.45) is 11.8 Å². The van der Waals surface area contributed by atoms with E-state index in [0.29, 0.717) is 22.3 Å². The lowest BCUT2D eigenvalue weighted by molar-refractivity contribution is -0.578. The fraction of sp³-hybridized carbons (Fsp3) is 0.167. The van der Waals surface area contributed by atoms with Crippen LogP contribution in [0.5, 0.6) is 0 Å². The summed E-state index contributed by atoms with van der Waals surface area (Å²) in [7, 11) is 0. The van der Waals surface area contributed by atoms with Gasteiger partial charge in [0, 0.05) is 34.1 Å². The zero-order valence-corrected chi connectivity index (χ0v) is 18.0. The van der Waals surface area contributed by atoms with Crippen LogP contribution in [0.3, 0.4) is 0 Å². The van der Waals surface area contributed by atoms with E-state index in [-0.39, 0.29) is 16.4 Å². The van der Waals surface area contributed by atoms with Crippen LogP contribution >= 0.6 is 11.6 Å². The first-order valence-corrected chi connectivity index (χ1v) is 10.8. The summed E-state index contributed by atoms with van der Waals surface area (Å²) in [6.45, 7) is 0. The van der Waals surface area contributed by atoms with Crippen molar-refractivity contribution >= 4 is 34.8 Å². The SMILES string of the molecule is O=C1[C@H]2C3c4ccccc4C([N+](=O)[O-])(c4ccccc43)[C@H]2C(=O)N1c1cc([N+](=O)[O-])ccc1Cl. The van der Waals surface area contributed by atoms with E-state index in [2.05, 4.69) is 0 Å². The normalized spacial score (nSPS) is 26.1. The molecule has 0 radical (unpaired) electrons. The van der Waals surface area contributed by atoms with E-state index in [9.17, 15) is 29.8 Å². The fourth-order valence-corrected chi connectivity index (χ4v) is 6.27. The molecule has 3 aliphatic carbocycles. The van der Waals surface area contributed by atoms with Gasteiger partial charge in [-0.15, -0.1) is 0 Å². The second-order valence-corrected chi connectivity index (χ2v) is 8.99. The minimum absolute atomic E-state index is 0.0384. The van der Waals surface area contributed by atoms with E-state index >= 15 is 0 Å². The first-order chi connectivity index (χ1) is 16.3. The summed E-state index contributed by atoms with van der Waals surface area (Å²) in [5.74, 6) is -4.38. The molecule has 1 aliphatic heterocycles. The zero-order valence-electron chi connectivity index (χ0n) is 17.3.